The lowest BCUT2D eigenvalue weighted by molar-refractivity contribution is 0.0939. The maximum atomic E-state index is 12.4. The number of imidazole rings is 1. The third-order valence-corrected chi connectivity index (χ3v) is 4.27. The van der Waals surface area contributed by atoms with Crippen molar-refractivity contribution in [3.05, 3.63) is 35.9 Å². The van der Waals surface area contributed by atoms with Crippen molar-refractivity contribution in [2.45, 2.75) is 25.8 Å². The Bertz CT molecular complexity index is 678. The van der Waals surface area contributed by atoms with Crippen LogP contribution in [0.4, 0.5) is 0 Å². The molecule has 1 aliphatic carbocycles. The molecule has 0 bridgehead atoms. The van der Waals surface area contributed by atoms with E-state index >= 15 is 0 Å². The number of aryl methyl sites for hydroxylation is 1. The molecular weight excluding hydrogens is 292 g/mol. The first-order valence-electron chi connectivity index (χ1n) is 8.15. The van der Waals surface area contributed by atoms with Crippen LogP contribution in [0.5, 0.6) is 0 Å². The number of fused-ring (bicyclic) bond motifs is 1. The molecule has 0 saturated heterocycles. The van der Waals surface area contributed by atoms with E-state index < -0.39 is 0 Å². The molecule has 1 aliphatic rings. The van der Waals surface area contributed by atoms with Crippen LogP contribution in [-0.2, 0) is 4.74 Å². The Kier molecular flexibility index (Phi) is 4.93. The fourth-order valence-corrected chi connectivity index (χ4v) is 2.88. The molecule has 1 N–H and O–H groups in total. The number of carbonyl (C=O) groups excluding carboxylic acids is 1. The number of pyridine rings is 1. The van der Waals surface area contributed by atoms with Crippen molar-refractivity contribution in [1.29, 1.82) is 0 Å². The van der Waals surface area contributed by atoms with Crippen LogP contribution in [-0.4, -0.2) is 59.6 Å². The summed E-state index contributed by atoms with van der Waals surface area (Å²) >= 11 is 0. The van der Waals surface area contributed by atoms with Crippen LogP contribution in [0, 0.1) is 6.92 Å². The number of nitrogens with one attached hydrogen (secondary N) is 1. The first-order chi connectivity index (χ1) is 11.2. The van der Waals surface area contributed by atoms with E-state index in [1.54, 1.807) is 7.11 Å². The number of methoxy groups -OCH3 is 1. The Balaban J connectivity index is 1.58. The van der Waals surface area contributed by atoms with Gasteiger partial charge in [0.15, 0.2) is 5.69 Å². The van der Waals surface area contributed by atoms with E-state index in [9.17, 15) is 4.79 Å². The molecule has 0 spiro atoms. The number of aromatic nitrogens is 2. The third-order valence-electron chi connectivity index (χ3n) is 4.27. The van der Waals surface area contributed by atoms with Crippen LogP contribution in [0.25, 0.3) is 5.52 Å². The minimum Gasteiger partial charge on any atom is -0.383 e. The Hall–Kier alpha value is -1.92. The van der Waals surface area contributed by atoms with Crippen molar-refractivity contribution >= 4 is 11.4 Å². The van der Waals surface area contributed by atoms with Gasteiger partial charge in [-0.15, -0.1) is 0 Å². The predicted octanol–water partition coefficient (Wildman–Crippen LogP) is 1.48. The van der Waals surface area contributed by atoms with Crippen molar-refractivity contribution in [3.63, 3.8) is 0 Å². The van der Waals surface area contributed by atoms with Crippen molar-refractivity contribution in [2.75, 3.05) is 33.4 Å². The highest BCUT2D eigenvalue weighted by atomic mass is 16.5. The lowest BCUT2D eigenvalue weighted by Gasteiger charge is -2.21. The van der Waals surface area contributed by atoms with Gasteiger partial charge in [-0.2, -0.15) is 0 Å². The van der Waals surface area contributed by atoms with E-state index in [-0.39, 0.29) is 5.91 Å². The number of rotatable bonds is 8. The van der Waals surface area contributed by atoms with Gasteiger partial charge in [-0.25, -0.2) is 4.98 Å². The molecule has 0 atom stereocenters. The standard InChI is InChI=1S/C17H24N4O2/c1-13-19-16(15-5-3-4-9-21(13)15)17(22)18-8-10-20(11-12-23-2)14-6-7-14/h3-5,9,14H,6-8,10-12H2,1-2H3,(H,18,22). The van der Waals surface area contributed by atoms with Crippen molar-refractivity contribution in [1.82, 2.24) is 19.6 Å². The number of hydrogen-bond donors (Lipinski definition) is 1. The summed E-state index contributed by atoms with van der Waals surface area (Å²) in [5.41, 5.74) is 1.35. The van der Waals surface area contributed by atoms with E-state index in [1.807, 2.05) is 35.7 Å². The SMILES string of the molecule is COCCN(CCNC(=O)c1nc(C)n2ccccc12)C1CC1. The zero-order chi connectivity index (χ0) is 16.2. The van der Waals surface area contributed by atoms with Gasteiger partial charge in [-0.1, -0.05) is 6.07 Å². The van der Waals surface area contributed by atoms with Gasteiger partial charge in [0.1, 0.15) is 5.82 Å². The summed E-state index contributed by atoms with van der Waals surface area (Å²) in [5, 5.41) is 3.00. The van der Waals surface area contributed by atoms with Crippen LogP contribution in [0.3, 0.4) is 0 Å². The van der Waals surface area contributed by atoms with Crippen molar-refractivity contribution in [3.8, 4) is 0 Å². The number of nitrogens with zero attached hydrogens (tertiary/aromatic N) is 3. The molecule has 6 heteroatoms. The summed E-state index contributed by atoms with van der Waals surface area (Å²) in [6.45, 7) is 5.04. The van der Waals surface area contributed by atoms with Gasteiger partial charge in [0.25, 0.3) is 5.91 Å². The van der Waals surface area contributed by atoms with E-state index in [2.05, 4.69) is 15.2 Å². The molecule has 2 heterocycles. The lowest BCUT2D eigenvalue weighted by Crippen LogP contribution is -2.38. The molecule has 1 amide bonds. The van der Waals surface area contributed by atoms with Gasteiger partial charge >= 0.3 is 0 Å². The third kappa shape index (κ3) is 3.71. The van der Waals surface area contributed by atoms with E-state index in [0.29, 0.717) is 18.3 Å². The molecular formula is C17H24N4O2. The summed E-state index contributed by atoms with van der Waals surface area (Å²) in [7, 11) is 1.72. The number of hydrogen-bond acceptors (Lipinski definition) is 4. The second-order valence-electron chi connectivity index (χ2n) is 5.98. The fourth-order valence-electron chi connectivity index (χ4n) is 2.88. The number of ether oxygens (including phenoxy) is 1. The van der Waals surface area contributed by atoms with Crippen molar-refractivity contribution in [2.24, 2.45) is 0 Å². The highest BCUT2D eigenvalue weighted by Gasteiger charge is 2.28. The molecule has 2 aromatic heterocycles. The Morgan fingerprint density at radius 1 is 1.43 bits per heavy atom. The monoisotopic (exact) mass is 316 g/mol. The maximum absolute atomic E-state index is 12.4. The van der Waals surface area contributed by atoms with Crippen LogP contribution < -0.4 is 5.32 Å². The molecule has 23 heavy (non-hydrogen) atoms. The van der Waals surface area contributed by atoms with Gasteiger partial charge in [0.05, 0.1) is 12.1 Å². The zero-order valence-electron chi connectivity index (χ0n) is 13.8. The average Bonchev–Trinajstić information content (AvgIpc) is 3.35. The highest BCUT2D eigenvalue weighted by Crippen LogP contribution is 2.26. The quantitative estimate of drug-likeness (QED) is 0.801. The second-order valence-corrected chi connectivity index (χ2v) is 5.98. The molecule has 0 aromatic carbocycles. The summed E-state index contributed by atoms with van der Waals surface area (Å²) in [6, 6.07) is 6.45. The Labute approximate surface area is 136 Å². The first-order valence-corrected chi connectivity index (χ1v) is 8.15. The van der Waals surface area contributed by atoms with Crippen LogP contribution >= 0.6 is 0 Å². The molecule has 1 fully saturated rings. The fraction of sp³-hybridized carbons (Fsp3) is 0.529. The molecule has 0 radical (unpaired) electrons. The largest absolute Gasteiger partial charge is 0.383 e. The number of carbonyl (C=O) groups is 1. The van der Waals surface area contributed by atoms with Gasteiger partial charge in [0.2, 0.25) is 0 Å². The summed E-state index contributed by atoms with van der Waals surface area (Å²) in [6.07, 6.45) is 4.43. The summed E-state index contributed by atoms with van der Waals surface area (Å²) in [5.74, 6) is 0.717. The van der Waals surface area contributed by atoms with E-state index in [0.717, 1.165) is 31.0 Å². The average molecular weight is 316 g/mol. The smallest absolute Gasteiger partial charge is 0.272 e. The molecule has 3 rings (SSSR count). The minimum atomic E-state index is -0.107. The summed E-state index contributed by atoms with van der Waals surface area (Å²) < 4.78 is 7.09. The van der Waals surface area contributed by atoms with Gasteiger partial charge in [-0.3, -0.25) is 9.69 Å². The van der Waals surface area contributed by atoms with Crippen molar-refractivity contribution < 1.29 is 9.53 Å². The second kappa shape index (κ2) is 7.10. The molecule has 6 nitrogen and oxygen atoms in total. The first kappa shape index (κ1) is 16.0. The molecule has 0 aliphatic heterocycles. The molecule has 2 aromatic rings. The Morgan fingerprint density at radius 2 is 2.26 bits per heavy atom. The van der Waals surface area contributed by atoms with E-state index in [1.165, 1.54) is 12.8 Å². The van der Waals surface area contributed by atoms with Gasteiger partial charge in [-0.05, 0) is 31.9 Å². The molecule has 124 valence electrons. The predicted molar refractivity (Wildman–Crippen MR) is 88.7 cm³/mol. The van der Waals surface area contributed by atoms with Crippen LogP contribution in [0.15, 0.2) is 24.4 Å². The topological polar surface area (TPSA) is 58.9 Å². The zero-order valence-corrected chi connectivity index (χ0v) is 13.8. The van der Waals surface area contributed by atoms with Gasteiger partial charge < -0.3 is 14.5 Å². The molecule has 1 saturated carbocycles. The lowest BCUT2D eigenvalue weighted by atomic mass is 10.3. The highest BCUT2D eigenvalue weighted by molar-refractivity contribution is 5.99. The Morgan fingerprint density at radius 3 is 3.00 bits per heavy atom. The van der Waals surface area contributed by atoms with E-state index in [4.69, 9.17) is 4.74 Å². The van der Waals surface area contributed by atoms with Gasteiger partial charge in [0, 0.05) is 39.0 Å². The molecule has 0 unspecified atom stereocenters. The normalized spacial score (nSPS) is 14.6. The maximum Gasteiger partial charge on any atom is 0.272 e. The summed E-state index contributed by atoms with van der Waals surface area (Å²) in [4.78, 5) is 19.2. The number of amides is 1. The van der Waals surface area contributed by atoms with Crippen LogP contribution in [0.2, 0.25) is 0 Å². The minimum absolute atomic E-state index is 0.107. The van der Waals surface area contributed by atoms with Crippen LogP contribution in [0.1, 0.15) is 29.2 Å².